The lowest BCUT2D eigenvalue weighted by molar-refractivity contribution is 0.0684. The van der Waals surface area contributed by atoms with Crippen molar-refractivity contribution in [1.29, 1.82) is 0 Å². The molecule has 0 unspecified atom stereocenters. The van der Waals surface area contributed by atoms with Crippen molar-refractivity contribution in [2.75, 3.05) is 0 Å². The van der Waals surface area contributed by atoms with Gasteiger partial charge in [-0.25, -0.2) is 9.59 Å². The molecule has 0 aliphatic heterocycles. The third kappa shape index (κ3) is 2.25. The lowest BCUT2D eigenvalue weighted by Gasteiger charge is -2.11. The van der Waals surface area contributed by atoms with Gasteiger partial charge in [-0.3, -0.25) is 0 Å². The molecule has 0 saturated carbocycles. The van der Waals surface area contributed by atoms with Gasteiger partial charge in [0.2, 0.25) is 0 Å². The second-order valence-electron chi connectivity index (χ2n) is 4.03. The first-order chi connectivity index (χ1) is 9.56. The van der Waals surface area contributed by atoms with Crippen LogP contribution >= 0.6 is 0 Å². The molecule has 0 amide bonds. The zero-order valence-electron chi connectivity index (χ0n) is 10.3. The van der Waals surface area contributed by atoms with Crippen molar-refractivity contribution >= 4 is 11.9 Å². The smallest absolute Gasteiger partial charge is 0.337 e. The summed E-state index contributed by atoms with van der Waals surface area (Å²) in [5.74, 6) is -0.00103. The van der Waals surface area contributed by atoms with Crippen LogP contribution in [0.4, 0.5) is 0 Å². The third-order valence-electron chi connectivity index (χ3n) is 2.88. The Balaban J connectivity index is 2.81. The highest BCUT2D eigenvalue weighted by Crippen LogP contribution is 2.29. The van der Waals surface area contributed by atoms with Crippen LogP contribution in [0.2, 0.25) is 0 Å². The van der Waals surface area contributed by atoms with E-state index in [0.29, 0.717) is 11.1 Å². The Bertz CT molecular complexity index is 738. The fourth-order valence-electron chi connectivity index (χ4n) is 2.03. The Morgan fingerprint density at radius 3 is 2.15 bits per heavy atom. The molecule has 2 aromatic carbocycles. The maximum Gasteiger partial charge on any atom is 0.337 e. The highest BCUT2D eigenvalue weighted by molar-refractivity contribution is 6.03. The van der Waals surface area contributed by atoms with Gasteiger partial charge in [-0.2, -0.15) is 0 Å². The van der Waals surface area contributed by atoms with Gasteiger partial charge in [0.15, 0.2) is 0 Å². The Morgan fingerprint density at radius 1 is 0.900 bits per heavy atom. The topological polar surface area (TPSA) is 74.6 Å². The van der Waals surface area contributed by atoms with Gasteiger partial charge < -0.3 is 10.2 Å². The van der Waals surface area contributed by atoms with Crippen LogP contribution < -0.4 is 0 Å². The van der Waals surface area contributed by atoms with E-state index < -0.39 is 11.9 Å². The van der Waals surface area contributed by atoms with Crippen LogP contribution in [0.3, 0.4) is 0 Å². The number of terminal acetylenes is 1. The lowest BCUT2D eigenvalue weighted by atomic mass is 9.92. The molecule has 4 heteroatoms. The Morgan fingerprint density at radius 2 is 1.55 bits per heavy atom. The van der Waals surface area contributed by atoms with E-state index in [9.17, 15) is 19.8 Å². The Kier molecular flexibility index (Phi) is 3.54. The molecule has 98 valence electrons. The van der Waals surface area contributed by atoms with Crippen LogP contribution in [-0.2, 0) is 0 Å². The molecule has 0 aromatic heterocycles. The molecular weight excluding hydrogens is 256 g/mol. The van der Waals surface area contributed by atoms with Crippen LogP contribution in [0, 0.1) is 12.3 Å². The monoisotopic (exact) mass is 266 g/mol. The number of hydrogen-bond donors (Lipinski definition) is 2. The molecule has 20 heavy (non-hydrogen) atoms. The summed E-state index contributed by atoms with van der Waals surface area (Å²) in [6.07, 6.45) is 5.30. The van der Waals surface area contributed by atoms with Crippen LogP contribution in [0.5, 0.6) is 0 Å². The predicted molar refractivity (Wildman–Crippen MR) is 73.7 cm³/mol. The average molecular weight is 266 g/mol. The zero-order chi connectivity index (χ0) is 14.7. The SMILES string of the molecule is C#Cc1cccc(-c2ccccc2C(=O)O)c1C(=O)O. The van der Waals surface area contributed by atoms with Crippen molar-refractivity contribution in [3.63, 3.8) is 0 Å². The van der Waals surface area contributed by atoms with E-state index >= 15 is 0 Å². The third-order valence-corrected chi connectivity index (χ3v) is 2.88. The average Bonchev–Trinajstić information content (AvgIpc) is 2.46. The normalized spacial score (nSPS) is 9.75. The molecule has 0 aliphatic carbocycles. The molecule has 0 fully saturated rings. The summed E-state index contributed by atoms with van der Waals surface area (Å²) in [5, 5.41) is 18.5. The van der Waals surface area contributed by atoms with Crippen molar-refractivity contribution in [1.82, 2.24) is 0 Å². The first-order valence-corrected chi connectivity index (χ1v) is 5.72. The standard InChI is InChI=1S/C16H10O4/c1-2-10-6-5-9-12(14(10)16(19)20)11-7-3-4-8-13(11)15(17)18/h1,3-9H,(H,17,18)(H,19,20). The first kappa shape index (κ1) is 13.4. The lowest BCUT2D eigenvalue weighted by Crippen LogP contribution is -2.06. The Labute approximate surface area is 115 Å². The maximum atomic E-state index is 11.4. The number of carbonyl (C=O) groups is 2. The fourth-order valence-corrected chi connectivity index (χ4v) is 2.03. The van der Waals surface area contributed by atoms with E-state index in [0.717, 1.165) is 0 Å². The molecule has 0 heterocycles. The molecule has 0 radical (unpaired) electrons. The molecule has 2 rings (SSSR count). The Hall–Kier alpha value is -3.06. The summed E-state index contributed by atoms with van der Waals surface area (Å²) < 4.78 is 0. The van der Waals surface area contributed by atoms with Gasteiger partial charge in [-0.05, 0) is 23.3 Å². The van der Waals surface area contributed by atoms with Gasteiger partial charge in [0.1, 0.15) is 0 Å². The van der Waals surface area contributed by atoms with E-state index in [4.69, 9.17) is 6.42 Å². The van der Waals surface area contributed by atoms with Crippen LogP contribution in [-0.4, -0.2) is 22.2 Å². The van der Waals surface area contributed by atoms with Crippen molar-refractivity contribution in [2.24, 2.45) is 0 Å². The summed E-state index contributed by atoms with van der Waals surface area (Å²) >= 11 is 0. The van der Waals surface area contributed by atoms with Gasteiger partial charge in [-0.1, -0.05) is 36.3 Å². The van der Waals surface area contributed by atoms with E-state index in [1.807, 2.05) is 0 Å². The number of rotatable bonds is 3. The summed E-state index contributed by atoms with van der Waals surface area (Å²) in [4.78, 5) is 22.7. The maximum absolute atomic E-state index is 11.4. The van der Waals surface area contributed by atoms with Crippen molar-refractivity contribution in [3.8, 4) is 23.5 Å². The van der Waals surface area contributed by atoms with Crippen molar-refractivity contribution in [2.45, 2.75) is 0 Å². The largest absolute Gasteiger partial charge is 0.478 e. The van der Waals surface area contributed by atoms with Gasteiger partial charge in [-0.15, -0.1) is 6.42 Å². The molecule has 0 bridgehead atoms. The number of hydrogen-bond acceptors (Lipinski definition) is 2. The molecule has 4 nitrogen and oxygen atoms in total. The summed E-state index contributed by atoms with van der Waals surface area (Å²) in [6.45, 7) is 0. The number of carboxylic acid groups (broad SMARTS) is 2. The van der Waals surface area contributed by atoms with Gasteiger partial charge in [0.25, 0.3) is 0 Å². The summed E-state index contributed by atoms with van der Waals surface area (Å²) in [5.41, 5.74) is 0.809. The number of aromatic carboxylic acids is 2. The van der Waals surface area contributed by atoms with E-state index in [1.165, 1.54) is 12.1 Å². The number of benzene rings is 2. The summed E-state index contributed by atoms with van der Waals surface area (Å²) in [6, 6.07) is 10.9. The van der Waals surface area contributed by atoms with Crippen LogP contribution in [0.25, 0.3) is 11.1 Å². The second kappa shape index (κ2) is 5.29. The van der Waals surface area contributed by atoms with Crippen molar-refractivity contribution in [3.05, 3.63) is 59.2 Å². The number of carboxylic acids is 2. The van der Waals surface area contributed by atoms with Crippen molar-refractivity contribution < 1.29 is 19.8 Å². The van der Waals surface area contributed by atoms with E-state index in [-0.39, 0.29) is 16.7 Å². The highest BCUT2D eigenvalue weighted by Gasteiger charge is 2.19. The summed E-state index contributed by atoms with van der Waals surface area (Å²) in [7, 11) is 0. The quantitative estimate of drug-likeness (QED) is 0.838. The molecule has 2 N–H and O–H groups in total. The first-order valence-electron chi connectivity index (χ1n) is 5.72. The van der Waals surface area contributed by atoms with Gasteiger partial charge in [0.05, 0.1) is 11.1 Å². The van der Waals surface area contributed by atoms with Gasteiger partial charge in [0, 0.05) is 5.56 Å². The van der Waals surface area contributed by atoms with Crippen LogP contribution in [0.1, 0.15) is 26.3 Å². The van der Waals surface area contributed by atoms with Crippen LogP contribution in [0.15, 0.2) is 42.5 Å². The predicted octanol–water partition coefficient (Wildman–Crippen LogP) is 2.73. The molecular formula is C16H10O4. The fraction of sp³-hybridized carbons (Fsp3) is 0. The minimum Gasteiger partial charge on any atom is -0.478 e. The molecule has 0 atom stereocenters. The second-order valence-corrected chi connectivity index (χ2v) is 4.03. The molecule has 0 saturated heterocycles. The van der Waals surface area contributed by atoms with E-state index in [1.54, 1.807) is 30.3 Å². The molecule has 0 spiro atoms. The van der Waals surface area contributed by atoms with Gasteiger partial charge >= 0.3 is 11.9 Å². The molecule has 0 aliphatic rings. The highest BCUT2D eigenvalue weighted by atomic mass is 16.4. The minimum absolute atomic E-state index is 0.0316. The van der Waals surface area contributed by atoms with E-state index in [2.05, 4.69) is 5.92 Å². The zero-order valence-corrected chi connectivity index (χ0v) is 10.3. The molecule has 2 aromatic rings. The minimum atomic E-state index is -1.19.